The quantitative estimate of drug-likeness (QED) is 0.871. The molecule has 1 fully saturated rings. The van der Waals surface area contributed by atoms with Gasteiger partial charge in [-0.25, -0.2) is 0 Å². The highest BCUT2D eigenvalue weighted by Gasteiger charge is 2.25. The van der Waals surface area contributed by atoms with E-state index in [1.54, 1.807) is 0 Å². The maximum Gasteiger partial charge on any atom is 0.315 e. The van der Waals surface area contributed by atoms with Crippen molar-refractivity contribution in [2.75, 3.05) is 11.6 Å². The van der Waals surface area contributed by atoms with E-state index in [1.807, 2.05) is 11.8 Å². The van der Waals surface area contributed by atoms with Gasteiger partial charge in [0.25, 0.3) is 0 Å². The topological polar surface area (TPSA) is 63.0 Å². The summed E-state index contributed by atoms with van der Waals surface area (Å²) in [5, 5.41) is 15.6. The van der Waals surface area contributed by atoms with Crippen LogP contribution in [0.3, 0.4) is 0 Å². The second-order valence-corrected chi connectivity index (χ2v) is 7.49. The predicted molar refractivity (Wildman–Crippen MR) is 84.1 cm³/mol. The van der Waals surface area contributed by atoms with Crippen molar-refractivity contribution >= 4 is 17.8 Å². The Morgan fingerprint density at radius 1 is 1.25 bits per heavy atom. The average Bonchev–Trinajstić information content (AvgIpc) is 2.84. The van der Waals surface area contributed by atoms with Crippen LogP contribution in [0.5, 0.6) is 0 Å². The largest absolute Gasteiger partial charge is 0.407 e. The molecule has 1 heterocycles. The van der Waals surface area contributed by atoms with Gasteiger partial charge < -0.3 is 15.1 Å². The van der Waals surface area contributed by atoms with Gasteiger partial charge in [0.2, 0.25) is 5.89 Å². The molecule has 5 nitrogen and oxygen atoms in total. The minimum Gasteiger partial charge on any atom is -0.407 e. The lowest BCUT2D eigenvalue weighted by atomic mass is 9.95. The van der Waals surface area contributed by atoms with Gasteiger partial charge in [0, 0.05) is 16.8 Å². The van der Waals surface area contributed by atoms with Crippen LogP contribution >= 0.6 is 11.8 Å². The molecule has 0 amide bonds. The number of nitrogens with zero attached hydrogens (tertiary/aromatic N) is 2. The molecule has 0 saturated heterocycles. The van der Waals surface area contributed by atoms with Gasteiger partial charge in [0.05, 0.1) is 6.54 Å². The van der Waals surface area contributed by atoms with Gasteiger partial charge in [-0.2, -0.15) is 11.8 Å². The van der Waals surface area contributed by atoms with Gasteiger partial charge >= 0.3 is 6.01 Å². The van der Waals surface area contributed by atoms with Crippen LogP contribution in [0.25, 0.3) is 0 Å². The van der Waals surface area contributed by atoms with Crippen LogP contribution < -0.4 is 10.6 Å². The average molecular weight is 298 g/mol. The molecule has 1 aromatic heterocycles. The minimum absolute atomic E-state index is 0.0510. The zero-order valence-corrected chi connectivity index (χ0v) is 13.7. The highest BCUT2D eigenvalue weighted by Crippen LogP contribution is 2.29. The fourth-order valence-corrected chi connectivity index (χ4v) is 3.36. The zero-order valence-electron chi connectivity index (χ0n) is 12.9. The van der Waals surface area contributed by atoms with Crippen LogP contribution in [0.4, 0.5) is 6.01 Å². The van der Waals surface area contributed by atoms with Crippen molar-refractivity contribution in [3.63, 3.8) is 0 Å². The lowest BCUT2D eigenvalue weighted by molar-refractivity contribution is 0.381. The number of aromatic nitrogens is 2. The highest BCUT2D eigenvalue weighted by atomic mass is 32.2. The summed E-state index contributed by atoms with van der Waals surface area (Å²) in [7, 11) is 0. The zero-order chi connectivity index (χ0) is 14.6. The second-order valence-electron chi connectivity index (χ2n) is 6.41. The Morgan fingerprint density at radius 3 is 2.70 bits per heavy atom. The van der Waals surface area contributed by atoms with E-state index in [9.17, 15) is 0 Å². The van der Waals surface area contributed by atoms with Crippen LogP contribution in [-0.4, -0.2) is 33.3 Å². The van der Waals surface area contributed by atoms with Gasteiger partial charge in [-0.3, -0.25) is 0 Å². The Hall–Kier alpha value is -0.750. The van der Waals surface area contributed by atoms with Crippen molar-refractivity contribution in [1.29, 1.82) is 0 Å². The van der Waals surface area contributed by atoms with E-state index < -0.39 is 0 Å². The number of hydrogen-bond donors (Lipinski definition) is 2. The van der Waals surface area contributed by atoms with Crippen molar-refractivity contribution in [3.05, 3.63) is 5.89 Å². The van der Waals surface area contributed by atoms with E-state index in [0.29, 0.717) is 29.7 Å². The predicted octanol–water partition coefficient (Wildman–Crippen LogP) is 3.04. The van der Waals surface area contributed by atoms with Crippen LogP contribution in [0.15, 0.2) is 4.42 Å². The Morgan fingerprint density at radius 2 is 2.00 bits per heavy atom. The molecule has 1 aliphatic rings. The van der Waals surface area contributed by atoms with Crippen molar-refractivity contribution in [2.45, 2.75) is 69.8 Å². The van der Waals surface area contributed by atoms with Gasteiger partial charge in [-0.1, -0.05) is 17.9 Å². The molecular formula is C14H26N4OS. The highest BCUT2D eigenvalue weighted by molar-refractivity contribution is 7.99. The van der Waals surface area contributed by atoms with E-state index >= 15 is 0 Å². The first-order valence-electron chi connectivity index (χ1n) is 7.35. The summed E-state index contributed by atoms with van der Waals surface area (Å²) in [5.41, 5.74) is 0.0510. The van der Waals surface area contributed by atoms with Crippen molar-refractivity contribution < 1.29 is 4.42 Å². The Balaban J connectivity index is 1.88. The van der Waals surface area contributed by atoms with Crippen LogP contribution in [0, 0.1) is 0 Å². The molecule has 2 unspecified atom stereocenters. The number of rotatable bonds is 5. The van der Waals surface area contributed by atoms with Gasteiger partial charge in [0.15, 0.2) is 0 Å². The summed E-state index contributed by atoms with van der Waals surface area (Å²) >= 11 is 1.93. The molecule has 0 bridgehead atoms. The van der Waals surface area contributed by atoms with Gasteiger partial charge in [-0.15, -0.1) is 5.10 Å². The molecule has 6 heteroatoms. The van der Waals surface area contributed by atoms with Gasteiger partial charge in [-0.05, 0) is 39.9 Å². The monoisotopic (exact) mass is 298 g/mol. The number of hydrogen-bond acceptors (Lipinski definition) is 6. The van der Waals surface area contributed by atoms with Gasteiger partial charge in [0.1, 0.15) is 0 Å². The second kappa shape index (κ2) is 6.80. The standard InChI is InChI=1S/C14H26N4OS/c1-14(2,3)15-9-12-17-18-13(19-12)16-10-7-5-6-8-11(10)20-4/h10-11,15H,5-9H2,1-4H3,(H,16,18). The fraction of sp³-hybridized carbons (Fsp3) is 0.857. The lowest BCUT2D eigenvalue weighted by Gasteiger charge is -2.30. The smallest absolute Gasteiger partial charge is 0.315 e. The molecule has 0 aliphatic heterocycles. The molecule has 2 atom stereocenters. The van der Waals surface area contributed by atoms with Crippen molar-refractivity contribution in [1.82, 2.24) is 15.5 Å². The molecule has 114 valence electrons. The first-order valence-corrected chi connectivity index (χ1v) is 8.63. The summed E-state index contributed by atoms with van der Waals surface area (Å²) in [6, 6.07) is 1.00. The Bertz CT molecular complexity index is 416. The molecule has 20 heavy (non-hydrogen) atoms. The minimum atomic E-state index is 0.0510. The summed E-state index contributed by atoms with van der Waals surface area (Å²) in [5.74, 6) is 0.638. The third-order valence-corrected chi connectivity index (χ3v) is 4.72. The SMILES string of the molecule is CSC1CCCCC1Nc1nnc(CNC(C)(C)C)o1. The summed E-state index contributed by atoms with van der Waals surface area (Å²) in [6.45, 7) is 6.96. The van der Waals surface area contributed by atoms with Crippen molar-refractivity contribution in [2.24, 2.45) is 0 Å². The maximum atomic E-state index is 5.67. The van der Waals surface area contributed by atoms with E-state index in [2.05, 4.69) is 47.9 Å². The van der Waals surface area contributed by atoms with Crippen molar-refractivity contribution in [3.8, 4) is 0 Å². The summed E-state index contributed by atoms with van der Waals surface area (Å²) in [4.78, 5) is 0. The molecule has 1 aliphatic carbocycles. The Kier molecular flexibility index (Phi) is 5.32. The molecule has 0 aromatic carbocycles. The van der Waals surface area contributed by atoms with Crippen LogP contribution in [-0.2, 0) is 6.54 Å². The number of thioether (sulfide) groups is 1. The third-order valence-electron chi connectivity index (χ3n) is 3.55. The molecule has 1 aromatic rings. The van der Waals surface area contributed by atoms with Crippen LogP contribution in [0.2, 0.25) is 0 Å². The number of anilines is 1. The van der Waals surface area contributed by atoms with Crippen LogP contribution in [0.1, 0.15) is 52.3 Å². The summed E-state index contributed by atoms with van der Waals surface area (Å²) in [6.07, 6.45) is 7.24. The first kappa shape index (κ1) is 15.6. The fourth-order valence-electron chi connectivity index (χ4n) is 2.43. The van der Waals surface area contributed by atoms with E-state index in [4.69, 9.17) is 4.42 Å². The molecule has 0 radical (unpaired) electrons. The normalized spacial score (nSPS) is 23.8. The van der Waals surface area contributed by atoms with E-state index in [-0.39, 0.29) is 5.54 Å². The number of nitrogens with one attached hydrogen (secondary N) is 2. The molecule has 0 spiro atoms. The summed E-state index contributed by atoms with van der Waals surface area (Å²) < 4.78 is 5.67. The maximum absolute atomic E-state index is 5.67. The third kappa shape index (κ3) is 4.66. The molecule has 2 N–H and O–H groups in total. The van der Waals surface area contributed by atoms with E-state index in [1.165, 1.54) is 25.7 Å². The first-order chi connectivity index (χ1) is 9.48. The Labute approximate surface area is 125 Å². The molecule has 1 saturated carbocycles. The molecular weight excluding hydrogens is 272 g/mol. The lowest BCUT2D eigenvalue weighted by Crippen LogP contribution is -2.35. The van der Waals surface area contributed by atoms with E-state index in [0.717, 1.165) is 0 Å². The molecule has 2 rings (SSSR count).